The highest BCUT2D eigenvalue weighted by Crippen LogP contribution is 2.14. The van der Waals surface area contributed by atoms with Gasteiger partial charge in [-0.2, -0.15) is 0 Å². The quantitative estimate of drug-likeness (QED) is 0.612. The smallest absolute Gasteiger partial charge is 0.251 e. The van der Waals surface area contributed by atoms with Crippen LogP contribution in [0.1, 0.15) is 30.6 Å². The molecule has 1 aromatic rings. The van der Waals surface area contributed by atoms with Crippen molar-refractivity contribution in [3.05, 3.63) is 33.4 Å². The normalized spacial score (nSPS) is 14.2. The first-order chi connectivity index (χ1) is 7.50. The molecule has 1 N–H and O–H groups in total. The number of nitrogens with one attached hydrogen (secondary N) is 1. The molecule has 4 heteroatoms. The summed E-state index contributed by atoms with van der Waals surface area (Å²) in [6.45, 7) is 4.10. The molecule has 1 unspecified atom stereocenters. The fourth-order valence-electron chi connectivity index (χ4n) is 1.16. The Morgan fingerprint density at radius 1 is 1.44 bits per heavy atom. The Morgan fingerprint density at radius 3 is 2.44 bits per heavy atom. The minimum Gasteiger partial charge on any atom is -0.346 e. The summed E-state index contributed by atoms with van der Waals surface area (Å²) in [7, 11) is 0. The van der Waals surface area contributed by atoms with Gasteiger partial charge in [0.15, 0.2) is 0 Å². The maximum Gasteiger partial charge on any atom is 0.251 e. The summed E-state index contributed by atoms with van der Waals surface area (Å²) in [5, 5.41) is 3.80. The summed E-state index contributed by atoms with van der Waals surface area (Å²) < 4.78 is 1.13. The molecule has 1 amide bonds. The Morgan fingerprint density at radius 2 is 2.00 bits per heavy atom. The number of hydrogen-bond donors (Lipinski definition) is 1. The van der Waals surface area contributed by atoms with Gasteiger partial charge in [0.2, 0.25) is 0 Å². The van der Waals surface area contributed by atoms with Gasteiger partial charge in [0.05, 0.1) is 0 Å². The average molecular weight is 396 g/mol. The molecule has 0 saturated heterocycles. The molecule has 16 heavy (non-hydrogen) atoms. The van der Waals surface area contributed by atoms with Crippen LogP contribution in [-0.4, -0.2) is 16.8 Å². The van der Waals surface area contributed by atoms with Gasteiger partial charge in [-0.25, -0.2) is 0 Å². The van der Waals surface area contributed by atoms with Gasteiger partial charge in [0, 0.05) is 20.0 Å². The Bertz CT molecular complexity index is 360. The van der Waals surface area contributed by atoms with Crippen LogP contribution in [0.15, 0.2) is 24.3 Å². The molecule has 2 nitrogen and oxygen atoms in total. The van der Waals surface area contributed by atoms with Gasteiger partial charge in [0.1, 0.15) is 0 Å². The molecule has 0 aliphatic heterocycles. The lowest BCUT2D eigenvalue weighted by Crippen LogP contribution is -2.46. The van der Waals surface area contributed by atoms with Crippen molar-refractivity contribution in [3.63, 3.8) is 0 Å². The summed E-state index contributed by atoms with van der Waals surface area (Å²) in [4.78, 5) is 12.0. The van der Waals surface area contributed by atoms with E-state index in [0.717, 1.165) is 15.3 Å². The average Bonchev–Trinajstić information content (AvgIpc) is 2.29. The number of amides is 1. The van der Waals surface area contributed by atoms with Crippen molar-refractivity contribution < 1.29 is 4.79 Å². The molecular weight excluding hydrogens is 381 g/mol. The number of benzene rings is 1. The van der Waals surface area contributed by atoms with E-state index in [0.29, 0.717) is 5.56 Å². The van der Waals surface area contributed by atoms with Crippen molar-refractivity contribution in [1.82, 2.24) is 5.32 Å². The van der Waals surface area contributed by atoms with E-state index in [9.17, 15) is 4.79 Å². The zero-order chi connectivity index (χ0) is 12.2. The molecule has 0 radical (unpaired) electrons. The number of halogens is 2. The van der Waals surface area contributed by atoms with Crippen molar-refractivity contribution in [2.24, 2.45) is 0 Å². The Balaban J connectivity index is 2.76. The van der Waals surface area contributed by atoms with Crippen LogP contribution in [0.2, 0.25) is 0 Å². The predicted molar refractivity (Wildman–Crippen MR) is 79.1 cm³/mol. The lowest BCUT2D eigenvalue weighted by molar-refractivity contribution is 0.0913. The molecule has 0 bridgehead atoms. The largest absolute Gasteiger partial charge is 0.346 e. The highest BCUT2D eigenvalue weighted by molar-refractivity contribution is 14.1. The van der Waals surface area contributed by atoms with E-state index in [-0.39, 0.29) is 11.4 Å². The maximum atomic E-state index is 12.0. The molecule has 88 valence electrons. The van der Waals surface area contributed by atoms with Crippen LogP contribution in [0.25, 0.3) is 0 Å². The third-order valence-corrected chi connectivity index (χ3v) is 4.55. The van der Waals surface area contributed by atoms with Crippen LogP contribution in [-0.2, 0) is 0 Å². The number of alkyl halides is 1. The van der Waals surface area contributed by atoms with Crippen molar-refractivity contribution in [1.29, 1.82) is 0 Å². The van der Waals surface area contributed by atoms with E-state index in [1.165, 1.54) is 0 Å². The van der Waals surface area contributed by atoms with E-state index < -0.39 is 0 Å². The molecular formula is C12H15BrINO. The highest BCUT2D eigenvalue weighted by atomic mass is 127. The zero-order valence-electron chi connectivity index (χ0n) is 9.39. The third kappa shape index (κ3) is 3.73. The number of carbonyl (C=O) groups excluding carboxylic acids is 1. The Hall–Kier alpha value is -0.100. The second-order valence-corrected chi connectivity index (χ2v) is 5.82. The van der Waals surface area contributed by atoms with Gasteiger partial charge < -0.3 is 5.32 Å². The van der Waals surface area contributed by atoms with Gasteiger partial charge >= 0.3 is 0 Å². The fraction of sp³-hybridized carbons (Fsp3) is 0.417. The maximum absolute atomic E-state index is 12.0. The van der Waals surface area contributed by atoms with Crippen molar-refractivity contribution in [2.45, 2.75) is 25.8 Å². The summed E-state index contributed by atoms with van der Waals surface area (Å²) >= 11 is 5.65. The Kier molecular flexibility index (Phi) is 5.24. The standard InChI is InChI=1S/C12H15BrINO/c1-3-12(2,8-13)15-11(16)9-4-6-10(14)7-5-9/h4-7H,3,8H2,1-2H3,(H,15,16). The third-order valence-electron chi connectivity index (χ3n) is 2.60. The molecule has 1 aromatic carbocycles. The lowest BCUT2D eigenvalue weighted by Gasteiger charge is -2.27. The predicted octanol–water partition coefficient (Wildman–Crippen LogP) is 3.58. The van der Waals surface area contributed by atoms with E-state index in [1.807, 2.05) is 31.2 Å². The minimum absolute atomic E-state index is 0.0137. The second kappa shape index (κ2) is 6.00. The molecule has 1 atom stereocenters. The summed E-state index contributed by atoms with van der Waals surface area (Å²) in [6.07, 6.45) is 0.897. The number of rotatable bonds is 4. The first-order valence-corrected chi connectivity index (χ1v) is 7.35. The van der Waals surface area contributed by atoms with Crippen molar-refractivity contribution in [3.8, 4) is 0 Å². The molecule has 0 aliphatic rings. The van der Waals surface area contributed by atoms with Crippen molar-refractivity contribution in [2.75, 3.05) is 5.33 Å². The lowest BCUT2D eigenvalue weighted by atomic mass is 10.0. The molecule has 0 heterocycles. The number of carbonyl (C=O) groups is 1. The first-order valence-electron chi connectivity index (χ1n) is 5.15. The first kappa shape index (κ1) is 14.0. The van der Waals surface area contributed by atoms with Crippen LogP contribution in [0.5, 0.6) is 0 Å². The van der Waals surface area contributed by atoms with E-state index >= 15 is 0 Å². The monoisotopic (exact) mass is 395 g/mol. The highest BCUT2D eigenvalue weighted by Gasteiger charge is 2.23. The topological polar surface area (TPSA) is 29.1 Å². The summed E-state index contributed by atoms with van der Waals surface area (Å²) in [5.74, 6) is -0.0137. The van der Waals surface area contributed by atoms with Crippen molar-refractivity contribution >= 4 is 44.4 Å². The molecule has 0 fully saturated rings. The fourth-order valence-corrected chi connectivity index (χ4v) is 2.06. The summed E-state index contributed by atoms with van der Waals surface area (Å²) in [5.41, 5.74) is 0.529. The molecule has 0 saturated carbocycles. The van der Waals surface area contributed by atoms with Gasteiger partial charge in [-0.1, -0.05) is 22.9 Å². The van der Waals surface area contributed by atoms with Crippen LogP contribution >= 0.6 is 38.5 Å². The molecule has 1 rings (SSSR count). The zero-order valence-corrected chi connectivity index (χ0v) is 13.1. The van der Waals surface area contributed by atoms with Crippen LogP contribution in [0.4, 0.5) is 0 Å². The SMILES string of the molecule is CCC(C)(CBr)NC(=O)c1ccc(I)cc1. The Labute approximate surface area is 118 Å². The van der Waals surface area contributed by atoms with Crippen LogP contribution in [0, 0.1) is 3.57 Å². The van der Waals surface area contributed by atoms with Gasteiger partial charge in [-0.3, -0.25) is 4.79 Å². The number of hydrogen-bond acceptors (Lipinski definition) is 1. The van der Waals surface area contributed by atoms with Crippen LogP contribution in [0.3, 0.4) is 0 Å². The molecule has 0 aromatic heterocycles. The van der Waals surface area contributed by atoms with Gasteiger partial charge in [-0.05, 0) is 60.2 Å². The molecule has 0 aliphatic carbocycles. The summed E-state index contributed by atoms with van der Waals surface area (Å²) in [6, 6.07) is 7.57. The van der Waals surface area contributed by atoms with E-state index in [2.05, 4.69) is 50.8 Å². The van der Waals surface area contributed by atoms with Gasteiger partial charge in [0.25, 0.3) is 5.91 Å². The second-order valence-electron chi connectivity index (χ2n) is 4.01. The van der Waals surface area contributed by atoms with Gasteiger partial charge in [-0.15, -0.1) is 0 Å². The van der Waals surface area contributed by atoms with Crippen LogP contribution < -0.4 is 5.32 Å². The van der Waals surface area contributed by atoms with E-state index in [1.54, 1.807) is 0 Å². The van der Waals surface area contributed by atoms with E-state index in [4.69, 9.17) is 0 Å². The minimum atomic E-state index is -0.180. The molecule has 0 spiro atoms.